The van der Waals surface area contributed by atoms with Crippen LogP contribution in [0.4, 0.5) is 0 Å². The zero-order valence-corrected chi connectivity index (χ0v) is 13.1. The molecule has 0 N–H and O–H groups in total. The molecule has 0 aliphatic heterocycles. The Labute approximate surface area is 126 Å². The van der Waals surface area contributed by atoms with Gasteiger partial charge in [-0.1, -0.05) is 19.4 Å². The van der Waals surface area contributed by atoms with Crippen molar-refractivity contribution in [1.29, 1.82) is 0 Å². The molecule has 4 atom stereocenters. The summed E-state index contributed by atoms with van der Waals surface area (Å²) in [5.41, 5.74) is 4.37. The van der Waals surface area contributed by atoms with Gasteiger partial charge in [0.1, 0.15) is 5.78 Å². The molecule has 2 saturated carbocycles. The topological polar surface area (TPSA) is 34.1 Å². The van der Waals surface area contributed by atoms with E-state index in [0.717, 1.165) is 38.5 Å². The standard InChI is InChI=1S/C19H24O2/c1-11-9-12-10-13(20)3-4-14(12)15-7-8-19(2)16(18(11)15)5-6-17(19)21/h10-11,16,18H,3-9H2,1-2H3/t11-,16+,18-,19+/m1/s1. The third-order valence-corrected chi connectivity index (χ3v) is 6.77. The molecule has 4 aliphatic rings. The second-order valence-electron chi connectivity index (χ2n) is 7.83. The van der Waals surface area contributed by atoms with Crippen LogP contribution in [-0.4, -0.2) is 11.6 Å². The Bertz CT molecular complexity index is 595. The molecule has 0 heterocycles. The first-order chi connectivity index (χ1) is 10.0. The number of rotatable bonds is 0. The highest BCUT2D eigenvalue weighted by molar-refractivity contribution is 5.93. The van der Waals surface area contributed by atoms with Crippen molar-refractivity contribution in [1.82, 2.24) is 0 Å². The van der Waals surface area contributed by atoms with E-state index >= 15 is 0 Å². The molecule has 2 heteroatoms. The number of hydrogen-bond donors (Lipinski definition) is 0. The van der Waals surface area contributed by atoms with Crippen molar-refractivity contribution >= 4 is 11.6 Å². The number of ketones is 2. The van der Waals surface area contributed by atoms with Gasteiger partial charge in [0.2, 0.25) is 0 Å². The second-order valence-corrected chi connectivity index (χ2v) is 7.83. The number of carbonyl (C=O) groups is 2. The maximum atomic E-state index is 12.4. The normalized spacial score (nSPS) is 42.4. The second kappa shape index (κ2) is 4.41. The van der Waals surface area contributed by atoms with Crippen molar-refractivity contribution in [2.45, 2.75) is 58.8 Å². The van der Waals surface area contributed by atoms with Gasteiger partial charge >= 0.3 is 0 Å². The van der Waals surface area contributed by atoms with Crippen LogP contribution in [0.25, 0.3) is 0 Å². The molecule has 2 fully saturated rings. The van der Waals surface area contributed by atoms with Crippen LogP contribution in [0.1, 0.15) is 58.8 Å². The van der Waals surface area contributed by atoms with Crippen LogP contribution in [0.2, 0.25) is 0 Å². The molecular weight excluding hydrogens is 260 g/mol. The summed E-state index contributed by atoms with van der Waals surface area (Å²) in [5.74, 6) is 2.53. The van der Waals surface area contributed by atoms with Gasteiger partial charge in [-0.05, 0) is 67.1 Å². The molecule has 0 saturated heterocycles. The Hall–Kier alpha value is -1.18. The van der Waals surface area contributed by atoms with Crippen LogP contribution in [0.3, 0.4) is 0 Å². The lowest BCUT2D eigenvalue weighted by molar-refractivity contribution is -0.128. The molecule has 0 spiro atoms. The summed E-state index contributed by atoms with van der Waals surface area (Å²) < 4.78 is 0. The van der Waals surface area contributed by atoms with E-state index in [9.17, 15) is 9.59 Å². The van der Waals surface area contributed by atoms with Crippen LogP contribution in [-0.2, 0) is 9.59 Å². The van der Waals surface area contributed by atoms with Gasteiger partial charge < -0.3 is 0 Å². The molecule has 0 bridgehead atoms. The minimum atomic E-state index is -0.0608. The number of hydrogen-bond acceptors (Lipinski definition) is 2. The molecule has 0 unspecified atom stereocenters. The first-order valence-corrected chi connectivity index (χ1v) is 8.49. The summed E-state index contributed by atoms with van der Waals surface area (Å²) in [6.45, 7) is 4.55. The van der Waals surface area contributed by atoms with E-state index in [1.54, 1.807) is 5.57 Å². The number of carbonyl (C=O) groups excluding carboxylic acids is 2. The van der Waals surface area contributed by atoms with Crippen molar-refractivity contribution in [2.24, 2.45) is 23.2 Å². The van der Waals surface area contributed by atoms with Crippen molar-refractivity contribution in [3.63, 3.8) is 0 Å². The quantitative estimate of drug-likeness (QED) is 0.673. The monoisotopic (exact) mass is 284 g/mol. The smallest absolute Gasteiger partial charge is 0.156 e. The lowest BCUT2D eigenvalue weighted by Gasteiger charge is -2.49. The van der Waals surface area contributed by atoms with E-state index in [1.165, 1.54) is 11.1 Å². The predicted octanol–water partition coefficient (Wildman–Crippen LogP) is 4.01. The zero-order chi connectivity index (χ0) is 14.8. The maximum absolute atomic E-state index is 12.4. The molecule has 4 rings (SSSR count). The molecule has 112 valence electrons. The van der Waals surface area contributed by atoms with Crippen LogP contribution < -0.4 is 0 Å². The van der Waals surface area contributed by atoms with E-state index in [4.69, 9.17) is 0 Å². The van der Waals surface area contributed by atoms with E-state index < -0.39 is 0 Å². The summed E-state index contributed by atoms with van der Waals surface area (Å²) in [5, 5.41) is 0. The summed E-state index contributed by atoms with van der Waals surface area (Å²) in [6.07, 6.45) is 8.55. The fourth-order valence-electron chi connectivity index (χ4n) is 5.68. The highest BCUT2D eigenvalue weighted by atomic mass is 16.1. The average molecular weight is 284 g/mol. The molecule has 0 radical (unpaired) electrons. The largest absolute Gasteiger partial charge is 0.299 e. The lowest BCUT2D eigenvalue weighted by Crippen LogP contribution is -2.43. The van der Waals surface area contributed by atoms with Crippen molar-refractivity contribution < 1.29 is 9.59 Å². The van der Waals surface area contributed by atoms with Gasteiger partial charge in [-0.15, -0.1) is 0 Å². The third-order valence-electron chi connectivity index (χ3n) is 6.77. The SMILES string of the molecule is C[C@@H]1CC2=CC(=O)CCC2=C2CC[C@]3(C)C(=O)CC[C@H]3[C@@H]21. The first-order valence-electron chi connectivity index (χ1n) is 8.49. The van der Waals surface area contributed by atoms with E-state index in [1.807, 2.05) is 6.08 Å². The molecule has 0 aromatic rings. The van der Waals surface area contributed by atoms with Gasteiger partial charge in [0.05, 0.1) is 0 Å². The Kier molecular flexibility index (Phi) is 2.83. The van der Waals surface area contributed by atoms with Gasteiger partial charge in [-0.2, -0.15) is 0 Å². The van der Waals surface area contributed by atoms with Gasteiger partial charge in [-0.3, -0.25) is 9.59 Å². The molecule has 0 amide bonds. The van der Waals surface area contributed by atoms with Crippen LogP contribution in [0.5, 0.6) is 0 Å². The molecule has 4 aliphatic carbocycles. The molecular formula is C19H24O2. The molecule has 0 aromatic heterocycles. The number of allylic oxidation sites excluding steroid dienone is 4. The van der Waals surface area contributed by atoms with Crippen LogP contribution in [0.15, 0.2) is 22.8 Å². The summed E-state index contributed by atoms with van der Waals surface area (Å²) in [7, 11) is 0. The Balaban J connectivity index is 1.80. The fraction of sp³-hybridized carbons (Fsp3) is 0.684. The molecule has 0 aromatic carbocycles. The van der Waals surface area contributed by atoms with E-state index in [-0.39, 0.29) is 5.41 Å². The highest BCUT2D eigenvalue weighted by Gasteiger charge is 2.54. The Morgan fingerprint density at radius 2 is 1.95 bits per heavy atom. The summed E-state index contributed by atoms with van der Waals surface area (Å²) in [4.78, 5) is 24.1. The highest BCUT2D eigenvalue weighted by Crippen LogP contribution is 2.59. The third kappa shape index (κ3) is 1.77. The van der Waals surface area contributed by atoms with Gasteiger partial charge in [0.15, 0.2) is 5.78 Å². The number of Topliss-reactive ketones (excluding diaryl/α,β-unsaturated/α-hetero) is 1. The van der Waals surface area contributed by atoms with E-state index in [0.29, 0.717) is 35.7 Å². The average Bonchev–Trinajstić information content (AvgIpc) is 2.74. The summed E-state index contributed by atoms with van der Waals surface area (Å²) in [6, 6.07) is 0. The van der Waals surface area contributed by atoms with Gasteiger partial charge in [0, 0.05) is 18.3 Å². The maximum Gasteiger partial charge on any atom is 0.156 e. The first kappa shape index (κ1) is 13.5. The Morgan fingerprint density at radius 1 is 1.14 bits per heavy atom. The zero-order valence-electron chi connectivity index (χ0n) is 13.1. The van der Waals surface area contributed by atoms with Crippen LogP contribution >= 0.6 is 0 Å². The van der Waals surface area contributed by atoms with Gasteiger partial charge in [0.25, 0.3) is 0 Å². The number of fused-ring (bicyclic) bond motifs is 4. The fourth-order valence-corrected chi connectivity index (χ4v) is 5.68. The Morgan fingerprint density at radius 3 is 2.76 bits per heavy atom. The van der Waals surface area contributed by atoms with Gasteiger partial charge in [-0.25, -0.2) is 0 Å². The van der Waals surface area contributed by atoms with Crippen molar-refractivity contribution in [2.75, 3.05) is 0 Å². The predicted molar refractivity (Wildman–Crippen MR) is 81.7 cm³/mol. The lowest BCUT2D eigenvalue weighted by atomic mass is 9.55. The minimum Gasteiger partial charge on any atom is -0.299 e. The van der Waals surface area contributed by atoms with Crippen molar-refractivity contribution in [3.05, 3.63) is 22.8 Å². The summed E-state index contributed by atoms with van der Waals surface area (Å²) >= 11 is 0. The van der Waals surface area contributed by atoms with Crippen LogP contribution in [0, 0.1) is 23.2 Å². The molecule has 2 nitrogen and oxygen atoms in total. The van der Waals surface area contributed by atoms with E-state index in [2.05, 4.69) is 13.8 Å². The molecule has 21 heavy (non-hydrogen) atoms. The van der Waals surface area contributed by atoms with Crippen molar-refractivity contribution in [3.8, 4) is 0 Å². The minimum absolute atomic E-state index is 0.0608.